The fourth-order valence-corrected chi connectivity index (χ4v) is 2.43. The van der Waals surface area contributed by atoms with Crippen molar-refractivity contribution in [3.63, 3.8) is 0 Å². The van der Waals surface area contributed by atoms with Gasteiger partial charge in [-0.3, -0.25) is 4.79 Å². The molecule has 2 aromatic carbocycles. The molecule has 22 heavy (non-hydrogen) atoms. The number of carbonyl (C=O) groups excluding carboxylic acids is 1. The molecule has 0 saturated carbocycles. The number of rotatable bonds is 5. The number of hydrazone groups is 1. The first-order valence-corrected chi connectivity index (χ1v) is 8.09. The number of hydrogen-bond acceptors (Lipinski definition) is 2. The van der Waals surface area contributed by atoms with E-state index in [1.165, 1.54) is 0 Å². The Morgan fingerprint density at radius 2 is 1.86 bits per heavy atom. The first-order chi connectivity index (χ1) is 10.6. The van der Waals surface area contributed by atoms with Gasteiger partial charge in [0.2, 0.25) is 0 Å². The Balaban J connectivity index is 2.16. The molecule has 0 aliphatic rings. The van der Waals surface area contributed by atoms with E-state index >= 15 is 0 Å². The van der Waals surface area contributed by atoms with E-state index < -0.39 is 0 Å². The highest BCUT2D eigenvalue weighted by Gasteiger charge is 2.08. The molecule has 1 amide bonds. The van der Waals surface area contributed by atoms with E-state index in [1.54, 1.807) is 6.07 Å². The minimum atomic E-state index is -0.203. The summed E-state index contributed by atoms with van der Waals surface area (Å²) in [5.41, 5.74) is 6.27. The number of hydrogen-bond donors (Lipinski definition) is 1. The van der Waals surface area contributed by atoms with Gasteiger partial charge in [-0.25, -0.2) is 5.43 Å². The Kier molecular flexibility index (Phi) is 5.90. The van der Waals surface area contributed by atoms with E-state index in [0.717, 1.165) is 34.2 Å². The first kappa shape index (κ1) is 16.4. The van der Waals surface area contributed by atoms with Gasteiger partial charge in [-0.2, -0.15) is 5.10 Å². The lowest BCUT2D eigenvalue weighted by Gasteiger charge is -2.07. The zero-order chi connectivity index (χ0) is 15.9. The molecule has 114 valence electrons. The van der Waals surface area contributed by atoms with Crippen LogP contribution in [0.1, 0.15) is 41.3 Å². The van der Waals surface area contributed by atoms with E-state index in [0.29, 0.717) is 5.56 Å². The average Bonchev–Trinajstić information content (AvgIpc) is 2.54. The van der Waals surface area contributed by atoms with Gasteiger partial charge in [-0.05, 0) is 36.6 Å². The fourth-order valence-electron chi connectivity index (χ4n) is 2.05. The smallest absolute Gasteiger partial charge is 0.267 e. The van der Waals surface area contributed by atoms with Crippen LogP contribution in [0, 0.1) is 6.92 Å². The maximum absolute atomic E-state index is 12.2. The van der Waals surface area contributed by atoms with E-state index in [2.05, 4.69) is 33.4 Å². The molecule has 0 bridgehead atoms. The highest BCUT2D eigenvalue weighted by atomic mass is 79.9. The second kappa shape index (κ2) is 7.90. The maximum Gasteiger partial charge on any atom is 0.271 e. The summed E-state index contributed by atoms with van der Waals surface area (Å²) < 4.78 is 0.918. The van der Waals surface area contributed by atoms with E-state index in [9.17, 15) is 4.79 Å². The predicted octanol–water partition coefficient (Wildman–Crippen LogP) is 4.69. The van der Waals surface area contributed by atoms with Crippen LogP contribution < -0.4 is 5.43 Å². The molecule has 2 aromatic rings. The summed E-state index contributed by atoms with van der Waals surface area (Å²) in [5, 5.41) is 4.31. The Labute approximate surface area is 139 Å². The van der Waals surface area contributed by atoms with Crippen LogP contribution in [0.15, 0.2) is 58.1 Å². The Bertz CT molecular complexity index is 681. The van der Waals surface area contributed by atoms with Crippen molar-refractivity contribution in [1.82, 2.24) is 5.43 Å². The molecule has 0 saturated heterocycles. The van der Waals surface area contributed by atoms with Crippen LogP contribution in [0.4, 0.5) is 0 Å². The lowest BCUT2D eigenvalue weighted by molar-refractivity contribution is 0.0954. The summed E-state index contributed by atoms with van der Waals surface area (Å²) >= 11 is 3.44. The largest absolute Gasteiger partial charge is 0.271 e. The molecule has 0 unspecified atom stereocenters. The minimum Gasteiger partial charge on any atom is -0.267 e. The Hall–Kier alpha value is -1.94. The number of nitrogens with zero attached hydrogens (tertiary/aromatic N) is 1. The SMILES string of the molecule is CCCC(=NNC(=O)c1ccc(C)c(Br)c1)c1ccccc1. The number of carbonyl (C=O) groups is 1. The molecular formula is C18H19BrN2O. The highest BCUT2D eigenvalue weighted by Crippen LogP contribution is 2.17. The van der Waals surface area contributed by atoms with Crippen molar-refractivity contribution in [2.45, 2.75) is 26.7 Å². The third kappa shape index (κ3) is 4.28. The van der Waals surface area contributed by atoms with Crippen LogP contribution >= 0.6 is 15.9 Å². The van der Waals surface area contributed by atoms with E-state index in [1.807, 2.05) is 49.4 Å². The molecule has 1 N–H and O–H groups in total. The molecule has 0 radical (unpaired) electrons. The van der Waals surface area contributed by atoms with Crippen molar-refractivity contribution in [3.05, 3.63) is 69.7 Å². The van der Waals surface area contributed by atoms with Crippen LogP contribution in [0.5, 0.6) is 0 Å². The van der Waals surface area contributed by atoms with E-state index in [-0.39, 0.29) is 5.91 Å². The van der Waals surface area contributed by atoms with Gasteiger partial charge >= 0.3 is 0 Å². The Morgan fingerprint density at radius 1 is 1.14 bits per heavy atom. The molecule has 0 spiro atoms. The van der Waals surface area contributed by atoms with Gasteiger partial charge in [0.1, 0.15) is 0 Å². The summed E-state index contributed by atoms with van der Waals surface area (Å²) in [6.45, 7) is 4.08. The molecule has 3 nitrogen and oxygen atoms in total. The second-order valence-electron chi connectivity index (χ2n) is 5.08. The summed E-state index contributed by atoms with van der Waals surface area (Å²) in [6, 6.07) is 15.4. The molecule has 0 atom stereocenters. The third-order valence-electron chi connectivity index (χ3n) is 3.32. The second-order valence-corrected chi connectivity index (χ2v) is 5.93. The van der Waals surface area contributed by atoms with Crippen molar-refractivity contribution >= 4 is 27.5 Å². The lowest BCUT2D eigenvalue weighted by atomic mass is 10.1. The summed E-state index contributed by atoms with van der Waals surface area (Å²) in [6.07, 6.45) is 1.79. The standard InChI is InChI=1S/C18H19BrN2O/c1-3-7-17(14-8-5-4-6-9-14)20-21-18(22)15-11-10-13(2)16(19)12-15/h4-6,8-12H,3,7H2,1-2H3,(H,21,22). The van der Waals surface area contributed by atoms with E-state index in [4.69, 9.17) is 0 Å². The summed E-state index contributed by atoms with van der Waals surface area (Å²) in [4.78, 5) is 12.2. The van der Waals surface area contributed by atoms with Gasteiger partial charge < -0.3 is 0 Å². The van der Waals surface area contributed by atoms with Crippen molar-refractivity contribution in [2.24, 2.45) is 5.10 Å². The van der Waals surface area contributed by atoms with Crippen LogP contribution in [0.25, 0.3) is 0 Å². The van der Waals surface area contributed by atoms with Crippen LogP contribution in [-0.2, 0) is 0 Å². The summed E-state index contributed by atoms with van der Waals surface area (Å²) in [5.74, 6) is -0.203. The van der Waals surface area contributed by atoms with Gasteiger partial charge in [0.15, 0.2) is 0 Å². The van der Waals surface area contributed by atoms with Gasteiger partial charge in [-0.15, -0.1) is 0 Å². The monoisotopic (exact) mass is 358 g/mol. The fraction of sp³-hybridized carbons (Fsp3) is 0.222. The number of aryl methyl sites for hydroxylation is 1. The van der Waals surface area contributed by atoms with Crippen LogP contribution in [-0.4, -0.2) is 11.6 Å². The van der Waals surface area contributed by atoms with Crippen LogP contribution in [0.3, 0.4) is 0 Å². The zero-order valence-corrected chi connectivity index (χ0v) is 14.4. The average molecular weight is 359 g/mol. The first-order valence-electron chi connectivity index (χ1n) is 7.30. The Morgan fingerprint density at radius 3 is 2.50 bits per heavy atom. The van der Waals surface area contributed by atoms with Crippen molar-refractivity contribution in [2.75, 3.05) is 0 Å². The number of amides is 1. The number of nitrogens with one attached hydrogen (secondary N) is 1. The molecule has 2 rings (SSSR count). The predicted molar refractivity (Wildman–Crippen MR) is 94.2 cm³/mol. The molecule has 0 heterocycles. The topological polar surface area (TPSA) is 41.5 Å². The lowest BCUT2D eigenvalue weighted by Crippen LogP contribution is -2.20. The molecule has 0 aliphatic carbocycles. The van der Waals surface area contributed by atoms with Crippen molar-refractivity contribution in [3.8, 4) is 0 Å². The van der Waals surface area contributed by atoms with Gasteiger partial charge in [0.25, 0.3) is 5.91 Å². The van der Waals surface area contributed by atoms with Gasteiger partial charge in [0, 0.05) is 10.0 Å². The minimum absolute atomic E-state index is 0.203. The molecule has 0 aromatic heterocycles. The number of benzene rings is 2. The zero-order valence-electron chi connectivity index (χ0n) is 12.8. The number of halogens is 1. The summed E-state index contributed by atoms with van der Waals surface area (Å²) in [7, 11) is 0. The highest BCUT2D eigenvalue weighted by molar-refractivity contribution is 9.10. The van der Waals surface area contributed by atoms with Crippen molar-refractivity contribution < 1.29 is 4.79 Å². The third-order valence-corrected chi connectivity index (χ3v) is 4.17. The van der Waals surface area contributed by atoms with Gasteiger partial charge in [0.05, 0.1) is 5.71 Å². The molecule has 0 aliphatic heterocycles. The van der Waals surface area contributed by atoms with Crippen molar-refractivity contribution in [1.29, 1.82) is 0 Å². The molecule has 4 heteroatoms. The van der Waals surface area contributed by atoms with Crippen LogP contribution in [0.2, 0.25) is 0 Å². The quantitative estimate of drug-likeness (QED) is 0.611. The molecule has 0 fully saturated rings. The molecular weight excluding hydrogens is 340 g/mol. The maximum atomic E-state index is 12.2. The van der Waals surface area contributed by atoms with Gasteiger partial charge in [-0.1, -0.05) is 65.7 Å². The normalized spacial score (nSPS) is 11.3.